The summed E-state index contributed by atoms with van der Waals surface area (Å²) in [5.41, 5.74) is 6.73. The molecule has 0 aliphatic rings. The van der Waals surface area contributed by atoms with E-state index in [0.29, 0.717) is 0 Å². The van der Waals surface area contributed by atoms with E-state index in [-0.39, 0.29) is 0 Å². The summed E-state index contributed by atoms with van der Waals surface area (Å²) >= 11 is 0. The van der Waals surface area contributed by atoms with Crippen LogP contribution >= 0.6 is 14.3 Å². The van der Waals surface area contributed by atoms with Crippen LogP contribution in [-0.4, -0.2) is 4.57 Å². The standard InChI is InChI=1S/C54H37NO3P2/c56-59(41-18-8-2-9-19-41,42-20-10-3-11-21-42)45-28-31-52-48(36-45)47-34-38(26-30-51(47)55(52)40-16-6-1-7-17-40)39-27-32-53-49(35-39)50-37-46(29-33-54(50)58-53)60(57,43-22-12-4-13-23-43)44-24-14-5-15-25-44/h1-37H. The lowest BCUT2D eigenvalue weighted by Crippen LogP contribution is -2.24. The van der Waals surface area contributed by atoms with Crippen molar-refractivity contribution in [1.29, 1.82) is 0 Å². The minimum atomic E-state index is -3.23. The van der Waals surface area contributed by atoms with Crippen molar-refractivity contribution in [2.24, 2.45) is 0 Å². The fourth-order valence-corrected chi connectivity index (χ4v) is 14.2. The molecule has 4 nitrogen and oxygen atoms in total. The summed E-state index contributed by atoms with van der Waals surface area (Å²) < 4.78 is 39.6. The normalized spacial score (nSPS) is 12.1. The van der Waals surface area contributed by atoms with Crippen molar-refractivity contribution in [1.82, 2.24) is 4.57 Å². The number of rotatable bonds is 8. The largest absolute Gasteiger partial charge is 0.456 e. The van der Waals surface area contributed by atoms with E-state index in [1.54, 1.807) is 0 Å². The van der Waals surface area contributed by atoms with E-state index in [9.17, 15) is 0 Å². The maximum atomic E-state index is 15.6. The van der Waals surface area contributed by atoms with E-state index in [1.165, 1.54) is 0 Å². The monoisotopic (exact) mass is 809 g/mol. The van der Waals surface area contributed by atoms with E-state index >= 15 is 9.13 Å². The molecule has 286 valence electrons. The number of furan rings is 1. The van der Waals surface area contributed by atoms with E-state index in [0.717, 1.165) is 92.4 Å². The molecule has 0 aliphatic carbocycles. The van der Waals surface area contributed by atoms with Crippen molar-refractivity contribution in [2.45, 2.75) is 0 Å². The Labute approximate surface area is 347 Å². The first-order valence-corrected chi connectivity index (χ1v) is 23.5. The molecule has 0 saturated carbocycles. The smallest absolute Gasteiger partial charge is 0.171 e. The van der Waals surface area contributed by atoms with Crippen LogP contribution in [-0.2, 0) is 9.13 Å². The van der Waals surface area contributed by atoms with Gasteiger partial charge in [-0.2, -0.15) is 0 Å². The summed E-state index contributed by atoms with van der Waals surface area (Å²) in [4.78, 5) is 0. The highest BCUT2D eigenvalue weighted by molar-refractivity contribution is 7.85. The van der Waals surface area contributed by atoms with Gasteiger partial charge in [-0.3, -0.25) is 0 Å². The van der Waals surface area contributed by atoms with Gasteiger partial charge in [0.25, 0.3) is 0 Å². The number of hydrogen-bond donors (Lipinski definition) is 0. The van der Waals surface area contributed by atoms with Gasteiger partial charge in [0.1, 0.15) is 11.2 Å². The van der Waals surface area contributed by atoms with Crippen LogP contribution in [0, 0.1) is 0 Å². The number of para-hydroxylation sites is 1. The Bertz CT molecular complexity index is 3380. The lowest BCUT2D eigenvalue weighted by Gasteiger charge is -2.20. The molecule has 11 aromatic rings. The summed E-state index contributed by atoms with van der Waals surface area (Å²) in [6, 6.07) is 74.8. The zero-order chi connectivity index (χ0) is 40.3. The predicted molar refractivity (Wildman–Crippen MR) is 252 cm³/mol. The molecule has 2 aromatic heterocycles. The molecule has 0 fully saturated rings. The van der Waals surface area contributed by atoms with Gasteiger partial charge >= 0.3 is 0 Å². The number of fused-ring (bicyclic) bond motifs is 6. The molecular formula is C54H37NO3P2. The average molecular weight is 810 g/mol. The van der Waals surface area contributed by atoms with E-state index in [4.69, 9.17) is 4.42 Å². The number of benzene rings is 9. The molecule has 0 N–H and O–H groups in total. The Morgan fingerprint density at radius 3 is 1.17 bits per heavy atom. The van der Waals surface area contributed by atoms with Gasteiger partial charge in [0, 0.05) is 59.1 Å². The molecule has 0 radical (unpaired) electrons. The second-order valence-corrected chi connectivity index (χ2v) is 20.7. The van der Waals surface area contributed by atoms with Gasteiger partial charge in [0.2, 0.25) is 0 Å². The fraction of sp³-hybridized carbons (Fsp3) is 0. The average Bonchev–Trinajstić information content (AvgIpc) is 3.86. The summed E-state index contributed by atoms with van der Waals surface area (Å²) in [7, 11) is -6.43. The highest BCUT2D eigenvalue weighted by Crippen LogP contribution is 2.46. The topological polar surface area (TPSA) is 52.2 Å². The van der Waals surface area contributed by atoms with Crippen LogP contribution in [0.2, 0.25) is 0 Å². The Morgan fingerprint density at radius 1 is 0.317 bits per heavy atom. The predicted octanol–water partition coefficient (Wildman–Crippen LogP) is 11.6. The molecule has 0 unspecified atom stereocenters. The van der Waals surface area contributed by atoms with Gasteiger partial charge in [-0.15, -0.1) is 0 Å². The molecule has 0 spiro atoms. The van der Waals surface area contributed by atoms with Crippen molar-refractivity contribution < 1.29 is 13.5 Å². The lowest BCUT2D eigenvalue weighted by atomic mass is 10.0. The van der Waals surface area contributed by atoms with Crippen LogP contribution in [0.5, 0.6) is 0 Å². The Morgan fingerprint density at radius 2 is 0.667 bits per heavy atom. The molecule has 0 amide bonds. The van der Waals surface area contributed by atoms with Gasteiger partial charge in [-0.05, 0) is 83.9 Å². The number of nitrogens with zero attached hydrogens (tertiary/aromatic N) is 1. The molecule has 0 aliphatic heterocycles. The molecule has 60 heavy (non-hydrogen) atoms. The van der Waals surface area contributed by atoms with Gasteiger partial charge in [0.05, 0.1) is 11.0 Å². The molecule has 0 saturated heterocycles. The summed E-state index contributed by atoms with van der Waals surface area (Å²) in [5, 5.41) is 8.69. The van der Waals surface area contributed by atoms with Crippen molar-refractivity contribution in [3.63, 3.8) is 0 Å². The quantitative estimate of drug-likeness (QED) is 0.144. The summed E-state index contributed by atoms with van der Waals surface area (Å²) in [6.45, 7) is 0. The molecular weight excluding hydrogens is 773 g/mol. The maximum absolute atomic E-state index is 15.6. The van der Waals surface area contributed by atoms with Gasteiger partial charge in [-0.25, -0.2) is 0 Å². The van der Waals surface area contributed by atoms with Crippen molar-refractivity contribution in [3.05, 3.63) is 224 Å². The zero-order valence-corrected chi connectivity index (χ0v) is 34.2. The molecule has 11 rings (SSSR count). The summed E-state index contributed by atoms with van der Waals surface area (Å²) in [6.07, 6.45) is 0. The van der Waals surface area contributed by atoms with Gasteiger partial charge in [-0.1, -0.05) is 152 Å². The second-order valence-electron chi connectivity index (χ2n) is 15.2. The Kier molecular flexibility index (Phi) is 8.67. The van der Waals surface area contributed by atoms with Crippen LogP contribution in [0.15, 0.2) is 229 Å². The van der Waals surface area contributed by atoms with Gasteiger partial charge in [0.15, 0.2) is 14.3 Å². The minimum absolute atomic E-state index is 0.744. The SMILES string of the molecule is O=P(c1ccccc1)(c1ccccc1)c1ccc2oc3ccc(-c4ccc5c(c4)c4cc(P(=O)(c6ccccc6)c6ccccc6)ccc4n5-c4ccccc4)cc3c2c1. The highest BCUT2D eigenvalue weighted by atomic mass is 31.2. The minimum Gasteiger partial charge on any atom is -0.456 e. The van der Waals surface area contributed by atoms with E-state index < -0.39 is 14.3 Å². The molecule has 6 heteroatoms. The third-order valence-corrected chi connectivity index (χ3v) is 17.9. The lowest BCUT2D eigenvalue weighted by molar-refractivity contribution is 0.591. The van der Waals surface area contributed by atoms with E-state index in [2.05, 4.69) is 77.4 Å². The molecule has 2 heterocycles. The highest BCUT2D eigenvalue weighted by Gasteiger charge is 2.32. The van der Waals surface area contributed by atoms with E-state index in [1.807, 2.05) is 152 Å². The number of aromatic nitrogens is 1. The number of hydrogen-bond acceptors (Lipinski definition) is 3. The van der Waals surface area contributed by atoms with Gasteiger partial charge < -0.3 is 18.1 Å². The Hall–Kier alpha value is -6.96. The molecule has 9 aromatic carbocycles. The van der Waals surface area contributed by atoms with Crippen LogP contribution in [0.4, 0.5) is 0 Å². The van der Waals surface area contributed by atoms with Crippen molar-refractivity contribution >= 4 is 89.9 Å². The Balaban J connectivity index is 1.10. The third-order valence-electron chi connectivity index (χ3n) is 11.8. The van der Waals surface area contributed by atoms with Crippen molar-refractivity contribution in [3.8, 4) is 16.8 Å². The second kappa shape index (κ2) is 14.4. The first kappa shape index (κ1) is 36.1. The first-order chi connectivity index (χ1) is 29.5. The van der Waals surface area contributed by atoms with Crippen molar-refractivity contribution in [2.75, 3.05) is 0 Å². The molecule has 0 bridgehead atoms. The fourth-order valence-electron chi connectivity index (χ4n) is 8.83. The molecule has 0 atom stereocenters. The van der Waals surface area contributed by atoms with Crippen LogP contribution in [0.1, 0.15) is 0 Å². The maximum Gasteiger partial charge on any atom is 0.171 e. The first-order valence-electron chi connectivity index (χ1n) is 20.0. The zero-order valence-electron chi connectivity index (χ0n) is 32.4. The van der Waals surface area contributed by atoms with Crippen LogP contribution in [0.25, 0.3) is 60.6 Å². The third kappa shape index (κ3) is 5.75. The van der Waals surface area contributed by atoms with Crippen LogP contribution in [0.3, 0.4) is 0 Å². The van der Waals surface area contributed by atoms with Crippen LogP contribution < -0.4 is 31.8 Å². The summed E-state index contributed by atoms with van der Waals surface area (Å²) in [5.74, 6) is 0.